The fraction of sp³-hybridized carbons (Fsp3) is 0.412. The van der Waals surface area contributed by atoms with Gasteiger partial charge in [0, 0.05) is 32.8 Å². The molecule has 1 N–H and O–H groups in total. The molecule has 0 radical (unpaired) electrons. The number of aromatic amines is 1. The van der Waals surface area contributed by atoms with Crippen molar-refractivity contribution in [2.45, 2.75) is 37.6 Å². The van der Waals surface area contributed by atoms with Crippen LogP contribution in [-0.4, -0.2) is 42.0 Å². The van der Waals surface area contributed by atoms with E-state index in [2.05, 4.69) is 4.98 Å². The van der Waals surface area contributed by atoms with Gasteiger partial charge >= 0.3 is 11.9 Å². The lowest BCUT2D eigenvalue weighted by atomic mass is 10.0. The van der Waals surface area contributed by atoms with Crippen molar-refractivity contribution < 1.29 is 27.5 Å². The summed E-state index contributed by atoms with van der Waals surface area (Å²) in [4.78, 5) is 27.3. The molecule has 1 aliphatic heterocycles. The van der Waals surface area contributed by atoms with Gasteiger partial charge in [0.05, 0.1) is 11.4 Å². The highest BCUT2D eigenvalue weighted by Gasteiger charge is 2.43. The van der Waals surface area contributed by atoms with Crippen LogP contribution in [0.4, 0.5) is 0 Å². The zero-order chi connectivity index (χ0) is 19.1. The monoisotopic (exact) mass is 380 g/mol. The Bertz CT molecular complexity index is 920. The van der Waals surface area contributed by atoms with Crippen LogP contribution in [0.2, 0.25) is 0 Å². The number of carbonyl (C=O) groups is 2. The van der Waals surface area contributed by atoms with Gasteiger partial charge in [-0.3, -0.25) is 9.59 Å². The Morgan fingerprint density at radius 1 is 1.15 bits per heavy atom. The molecule has 0 aromatic carbocycles. The van der Waals surface area contributed by atoms with E-state index in [-0.39, 0.29) is 18.0 Å². The molecule has 2 aromatic rings. The number of esters is 2. The summed E-state index contributed by atoms with van der Waals surface area (Å²) in [5.41, 5.74) is 1.38. The minimum Gasteiger partial charge on any atom is -0.422 e. The SMILES string of the molecule is CC1(C)OC(=O)C(CCn2c(-c3ccc[nH]3)ccc2S(C)(=O)=O)C(=O)O1. The zero-order valence-electron chi connectivity index (χ0n) is 14.7. The van der Waals surface area contributed by atoms with Crippen LogP contribution in [0.15, 0.2) is 35.5 Å². The highest BCUT2D eigenvalue weighted by atomic mass is 32.2. The number of cyclic esters (lactones) is 2. The predicted molar refractivity (Wildman–Crippen MR) is 91.7 cm³/mol. The number of hydrogen-bond donors (Lipinski definition) is 1. The molecule has 0 saturated carbocycles. The van der Waals surface area contributed by atoms with E-state index in [1.807, 2.05) is 6.07 Å². The van der Waals surface area contributed by atoms with Crippen molar-refractivity contribution in [3.63, 3.8) is 0 Å². The maximum atomic E-state index is 12.1. The lowest BCUT2D eigenvalue weighted by molar-refractivity contribution is -0.240. The number of ether oxygens (including phenoxy) is 2. The first kappa shape index (κ1) is 18.2. The summed E-state index contributed by atoms with van der Waals surface area (Å²) in [6.45, 7) is 3.10. The first-order chi connectivity index (χ1) is 12.1. The topological polar surface area (TPSA) is 107 Å². The Morgan fingerprint density at radius 3 is 2.35 bits per heavy atom. The molecule has 0 spiro atoms. The van der Waals surface area contributed by atoms with Crippen LogP contribution in [0, 0.1) is 5.92 Å². The van der Waals surface area contributed by atoms with Gasteiger partial charge in [0.1, 0.15) is 5.03 Å². The molecule has 2 aromatic heterocycles. The molecule has 1 aliphatic rings. The lowest BCUT2D eigenvalue weighted by Gasteiger charge is -2.33. The lowest BCUT2D eigenvalue weighted by Crippen LogP contribution is -2.46. The number of nitrogens with one attached hydrogen (secondary N) is 1. The number of sulfone groups is 1. The van der Waals surface area contributed by atoms with Crippen molar-refractivity contribution >= 4 is 21.8 Å². The Balaban J connectivity index is 1.89. The van der Waals surface area contributed by atoms with E-state index in [1.54, 1.807) is 22.9 Å². The Morgan fingerprint density at radius 2 is 1.81 bits per heavy atom. The van der Waals surface area contributed by atoms with Crippen molar-refractivity contribution in [2.24, 2.45) is 5.92 Å². The summed E-state index contributed by atoms with van der Waals surface area (Å²) < 4.78 is 36.0. The molecule has 3 rings (SSSR count). The van der Waals surface area contributed by atoms with Gasteiger partial charge < -0.3 is 19.0 Å². The molecule has 1 fully saturated rings. The summed E-state index contributed by atoms with van der Waals surface area (Å²) in [7, 11) is -3.49. The summed E-state index contributed by atoms with van der Waals surface area (Å²) in [6, 6.07) is 6.79. The van der Waals surface area contributed by atoms with Crippen molar-refractivity contribution in [2.75, 3.05) is 6.26 Å². The Hall–Kier alpha value is -2.55. The normalized spacial score (nSPS) is 17.8. The van der Waals surface area contributed by atoms with Gasteiger partial charge in [-0.05, 0) is 30.7 Å². The van der Waals surface area contributed by atoms with E-state index in [1.165, 1.54) is 19.9 Å². The van der Waals surface area contributed by atoms with Crippen LogP contribution in [0.1, 0.15) is 20.3 Å². The molecule has 0 atom stereocenters. The third-order valence-electron chi connectivity index (χ3n) is 4.10. The molecule has 0 amide bonds. The third-order valence-corrected chi connectivity index (χ3v) is 5.21. The molecule has 140 valence electrons. The zero-order valence-corrected chi connectivity index (χ0v) is 15.5. The fourth-order valence-electron chi connectivity index (χ4n) is 2.97. The smallest absolute Gasteiger partial charge is 0.323 e. The first-order valence-corrected chi connectivity index (χ1v) is 9.97. The third kappa shape index (κ3) is 3.52. The van der Waals surface area contributed by atoms with Gasteiger partial charge in [-0.25, -0.2) is 8.42 Å². The standard InChI is InChI=1S/C17H20N2O6S/c1-17(2)24-15(20)11(16(21)25-17)8-10-19-13(12-5-4-9-18-12)6-7-14(19)26(3,22)23/h4-7,9,11,18H,8,10H2,1-3H3. The maximum absolute atomic E-state index is 12.1. The highest BCUT2D eigenvalue weighted by molar-refractivity contribution is 7.90. The number of H-pyrrole nitrogens is 1. The molecule has 3 heterocycles. The summed E-state index contributed by atoms with van der Waals surface area (Å²) in [5.74, 6) is -3.71. The van der Waals surface area contributed by atoms with E-state index in [4.69, 9.17) is 9.47 Å². The van der Waals surface area contributed by atoms with Gasteiger partial charge in [-0.15, -0.1) is 0 Å². The fourth-order valence-corrected chi connectivity index (χ4v) is 3.87. The van der Waals surface area contributed by atoms with Crippen molar-refractivity contribution in [1.29, 1.82) is 0 Å². The number of nitrogens with zero attached hydrogens (tertiary/aromatic N) is 1. The molecule has 0 unspecified atom stereocenters. The maximum Gasteiger partial charge on any atom is 0.323 e. The van der Waals surface area contributed by atoms with E-state index >= 15 is 0 Å². The average Bonchev–Trinajstić information content (AvgIpc) is 3.12. The summed E-state index contributed by atoms with van der Waals surface area (Å²) >= 11 is 0. The van der Waals surface area contributed by atoms with E-state index in [0.29, 0.717) is 5.69 Å². The second-order valence-electron chi connectivity index (χ2n) is 6.65. The number of carbonyl (C=O) groups excluding carboxylic acids is 2. The van der Waals surface area contributed by atoms with Crippen molar-refractivity contribution in [3.05, 3.63) is 30.5 Å². The molecular weight excluding hydrogens is 360 g/mol. The van der Waals surface area contributed by atoms with Gasteiger partial charge in [-0.1, -0.05) is 0 Å². The largest absolute Gasteiger partial charge is 0.422 e. The van der Waals surface area contributed by atoms with E-state index in [9.17, 15) is 18.0 Å². The minimum absolute atomic E-state index is 0.0681. The summed E-state index contributed by atoms with van der Waals surface area (Å²) in [5, 5.41) is 0.111. The van der Waals surface area contributed by atoms with Crippen LogP contribution in [0.5, 0.6) is 0 Å². The summed E-state index contributed by atoms with van der Waals surface area (Å²) in [6.07, 6.45) is 2.91. The Kier molecular flexibility index (Phi) is 4.43. The van der Waals surface area contributed by atoms with Crippen molar-refractivity contribution in [3.8, 4) is 11.4 Å². The molecule has 0 bridgehead atoms. The van der Waals surface area contributed by atoms with Crippen molar-refractivity contribution in [1.82, 2.24) is 9.55 Å². The van der Waals surface area contributed by atoms with E-state index < -0.39 is 33.5 Å². The van der Waals surface area contributed by atoms with Gasteiger partial charge in [0.25, 0.3) is 5.79 Å². The van der Waals surface area contributed by atoms with Crippen LogP contribution in [0.3, 0.4) is 0 Å². The molecule has 26 heavy (non-hydrogen) atoms. The average molecular weight is 380 g/mol. The Labute approximate surface area is 151 Å². The highest BCUT2D eigenvalue weighted by Crippen LogP contribution is 2.28. The number of rotatable bonds is 5. The minimum atomic E-state index is -3.49. The van der Waals surface area contributed by atoms with Crippen LogP contribution in [-0.2, 0) is 35.4 Å². The molecule has 8 nitrogen and oxygen atoms in total. The molecular formula is C17H20N2O6S. The van der Waals surface area contributed by atoms with Crippen LogP contribution in [0.25, 0.3) is 11.4 Å². The quantitative estimate of drug-likeness (QED) is 0.625. The number of hydrogen-bond acceptors (Lipinski definition) is 6. The molecule has 1 saturated heterocycles. The first-order valence-electron chi connectivity index (χ1n) is 8.07. The van der Waals surface area contributed by atoms with Gasteiger partial charge in [0.2, 0.25) is 0 Å². The van der Waals surface area contributed by atoms with Crippen LogP contribution >= 0.6 is 0 Å². The predicted octanol–water partition coefficient (Wildman–Crippen LogP) is 1.73. The van der Waals surface area contributed by atoms with Crippen LogP contribution < -0.4 is 0 Å². The van der Waals surface area contributed by atoms with Gasteiger partial charge in [0.15, 0.2) is 15.8 Å². The van der Waals surface area contributed by atoms with Gasteiger partial charge in [-0.2, -0.15) is 0 Å². The van der Waals surface area contributed by atoms with E-state index in [0.717, 1.165) is 11.9 Å². The second kappa shape index (κ2) is 6.31. The number of aromatic nitrogens is 2. The molecule has 0 aliphatic carbocycles. The molecule has 9 heteroatoms. The second-order valence-corrected chi connectivity index (χ2v) is 8.61.